The second-order valence-corrected chi connectivity index (χ2v) is 4.21. The van der Waals surface area contributed by atoms with E-state index in [1.807, 2.05) is 19.1 Å². The van der Waals surface area contributed by atoms with Crippen LogP contribution in [-0.2, 0) is 9.59 Å². The molecule has 0 saturated heterocycles. The van der Waals surface area contributed by atoms with E-state index in [-0.39, 0.29) is 24.3 Å². The Morgan fingerprint density at radius 2 is 2.32 bits per heavy atom. The van der Waals surface area contributed by atoms with Crippen molar-refractivity contribution in [3.8, 4) is 0 Å². The molecule has 1 unspecified atom stereocenters. The molecule has 0 fully saturated rings. The van der Waals surface area contributed by atoms with Crippen LogP contribution in [0.25, 0.3) is 0 Å². The van der Waals surface area contributed by atoms with Gasteiger partial charge in [0.1, 0.15) is 0 Å². The zero-order valence-corrected chi connectivity index (χ0v) is 11.3. The highest BCUT2D eigenvalue weighted by molar-refractivity contribution is 5.87. The monoisotopic (exact) mass is 261 g/mol. The van der Waals surface area contributed by atoms with E-state index in [1.54, 1.807) is 24.3 Å². The molecule has 102 valence electrons. The van der Waals surface area contributed by atoms with Crippen molar-refractivity contribution in [2.24, 2.45) is 0 Å². The first-order valence-electron chi connectivity index (χ1n) is 6.12. The molecule has 1 aromatic heterocycles. The minimum absolute atomic E-state index is 0.0271. The molecule has 5 heteroatoms. The highest BCUT2D eigenvalue weighted by atomic mass is 16.2. The Morgan fingerprint density at radius 1 is 1.58 bits per heavy atom. The number of rotatable bonds is 6. The fourth-order valence-corrected chi connectivity index (χ4v) is 1.60. The Morgan fingerprint density at radius 3 is 2.89 bits per heavy atom. The molecule has 0 radical (unpaired) electrons. The zero-order chi connectivity index (χ0) is 14.3. The van der Waals surface area contributed by atoms with Gasteiger partial charge in [0.2, 0.25) is 11.8 Å². The third-order valence-corrected chi connectivity index (χ3v) is 2.96. The van der Waals surface area contributed by atoms with E-state index in [4.69, 9.17) is 0 Å². The summed E-state index contributed by atoms with van der Waals surface area (Å²) in [5.41, 5.74) is 0.980. The van der Waals surface area contributed by atoms with Gasteiger partial charge in [-0.3, -0.25) is 14.6 Å². The number of nitrogens with one attached hydrogen (secondary N) is 1. The molecule has 1 heterocycles. The van der Waals surface area contributed by atoms with Crippen molar-refractivity contribution in [2.45, 2.75) is 19.4 Å². The normalized spacial score (nSPS) is 11.5. The Kier molecular flexibility index (Phi) is 5.73. The van der Waals surface area contributed by atoms with Crippen LogP contribution in [0.5, 0.6) is 0 Å². The number of nitrogens with zero attached hydrogens (tertiary/aromatic N) is 2. The van der Waals surface area contributed by atoms with Gasteiger partial charge in [0, 0.05) is 32.4 Å². The summed E-state index contributed by atoms with van der Waals surface area (Å²) in [4.78, 5) is 28.6. The molecule has 5 nitrogen and oxygen atoms in total. The first kappa shape index (κ1) is 14.9. The summed E-state index contributed by atoms with van der Waals surface area (Å²) in [7, 11) is 1.75. The summed E-state index contributed by atoms with van der Waals surface area (Å²) in [5, 5.41) is 2.58. The molecule has 1 rings (SSSR count). The molecule has 2 amide bonds. The Bertz CT molecular complexity index is 445. The molecule has 0 aliphatic carbocycles. The standard InChI is InChI=1S/C14H19N3O2/c1-4-13(18)16-9-7-14(19)17(3)11(2)12-6-5-8-15-10-12/h4-6,8,10-11H,1,7,9H2,2-3H3,(H,16,18). The molecule has 0 aromatic carbocycles. The quantitative estimate of drug-likeness (QED) is 0.785. The van der Waals surface area contributed by atoms with Gasteiger partial charge >= 0.3 is 0 Å². The lowest BCUT2D eigenvalue weighted by Crippen LogP contribution is -2.33. The SMILES string of the molecule is C=CC(=O)NCCC(=O)N(C)C(C)c1cccnc1. The summed E-state index contributed by atoms with van der Waals surface area (Å²) < 4.78 is 0. The molecular formula is C14H19N3O2. The van der Waals surface area contributed by atoms with Gasteiger partial charge in [-0.05, 0) is 24.6 Å². The highest BCUT2D eigenvalue weighted by Gasteiger charge is 2.17. The van der Waals surface area contributed by atoms with E-state index in [9.17, 15) is 9.59 Å². The number of carbonyl (C=O) groups is 2. The molecule has 0 bridgehead atoms. The molecule has 0 aliphatic heterocycles. The maximum absolute atomic E-state index is 12.0. The Balaban J connectivity index is 2.48. The van der Waals surface area contributed by atoms with E-state index in [1.165, 1.54) is 6.08 Å². The van der Waals surface area contributed by atoms with Crippen LogP contribution in [0.1, 0.15) is 24.9 Å². The van der Waals surface area contributed by atoms with Crippen LogP contribution in [0.2, 0.25) is 0 Å². The van der Waals surface area contributed by atoms with Crippen LogP contribution in [0.4, 0.5) is 0 Å². The van der Waals surface area contributed by atoms with E-state index in [0.29, 0.717) is 6.54 Å². The van der Waals surface area contributed by atoms with Crippen LogP contribution in [0.3, 0.4) is 0 Å². The van der Waals surface area contributed by atoms with E-state index >= 15 is 0 Å². The zero-order valence-electron chi connectivity index (χ0n) is 11.3. The van der Waals surface area contributed by atoms with Crippen molar-refractivity contribution in [3.63, 3.8) is 0 Å². The summed E-state index contributed by atoms with van der Waals surface area (Å²) in [6.07, 6.45) is 4.89. The lowest BCUT2D eigenvalue weighted by molar-refractivity contribution is -0.131. The molecule has 1 aromatic rings. The van der Waals surface area contributed by atoms with Crippen molar-refractivity contribution in [1.82, 2.24) is 15.2 Å². The predicted molar refractivity (Wildman–Crippen MR) is 73.2 cm³/mol. The van der Waals surface area contributed by atoms with E-state index in [2.05, 4.69) is 16.9 Å². The van der Waals surface area contributed by atoms with Gasteiger partial charge in [-0.25, -0.2) is 0 Å². The second-order valence-electron chi connectivity index (χ2n) is 4.21. The van der Waals surface area contributed by atoms with Crippen LogP contribution in [0.15, 0.2) is 37.2 Å². The summed E-state index contributed by atoms with van der Waals surface area (Å²) in [5.74, 6) is -0.295. The number of amides is 2. The molecule has 19 heavy (non-hydrogen) atoms. The van der Waals surface area contributed by atoms with Crippen molar-refractivity contribution in [1.29, 1.82) is 0 Å². The van der Waals surface area contributed by atoms with Gasteiger partial charge in [0.25, 0.3) is 0 Å². The van der Waals surface area contributed by atoms with Gasteiger partial charge in [-0.1, -0.05) is 12.6 Å². The van der Waals surface area contributed by atoms with Crippen molar-refractivity contribution >= 4 is 11.8 Å². The largest absolute Gasteiger partial charge is 0.352 e. The van der Waals surface area contributed by atoms with Crippen LogP contribution in [-0.4, -0.2) is 35.3 Å². The van der Waals surface area contributed by atoms with Gasteiger partial charge in [-0.2, -0.15) is 0 Å². The Labute approximate surface area is 113 Å². The lowest BCUT2D eigenvalue weighted by atomic mass is 10.1. The maximum atomic E-state index is 12.0. The van der Waals surface area contributed by atoms with Gasteiger partial charge in [-0.15, -0.1) is 0 Å². The number of aromatic nitrogens is 1. The predicted octanol–water partition coefficient (Wildman–Crippen LogP) is 1.29. The fourth-order valence-electron chi connectivity index (χ4n) is 1.60. The topological polar surface area (TPSA) is 62.3 Å². The van der Waals surface area contributed by atoms with Crippen LogP contribution in [0, 0.1) is 0 Å². The van der Waals surface area contributed by atoms with Crippen molar-refractivity contribution < 1.29 is 9.59 Å². The highest BCUT2D eigenvalue weighted by Crippen LogP contribution is 2.17. The van der Waals surface area contributed by atoms with Gasteiger partial charge < -0.3 is 10.2 Å². The van der Waals surface area contributed by atoms with Gasteiger partial charge in [0.15, 0.2) is 0 Å². The molecular weight excluding hydrogens is 242 g/mol. The summed E-state index contributed by atoms with van der Waals surface area (Å²) in [6, 6.07) is 3.73. The lowest BCUT2D eigenvalue weighted by Gasteiger charge is -2.25. The first-order valence-corrected chi connectivity index (χ1v) is 6.12. The third kappa shape index (κ3) is 4.54. The molecule has 0 aliphatic rings. The number of hydrogen-bond donors (Lipinski definition) is 1. The van der Waals surface area contributed by atoms with Crippen LogP contribution >= 0.6 is 0 Å². The Hall–Kier alpha value is -2.17. The average molecular weight is 261 g/mol. The third-order valence-electron chi connectivity index (χ3n) is 2.96. The molecule has 0 saturated carbocycles. The van der Waals surface area contributed by atoms with E-state index in [0.717, 1.165) is 5.56 Å². The number of pyridine rings is 1. The minimum Gasteiger partial charge on any atom is -0.352 e. The van der Waals surface area contributed by atoms with E-state index < -0.39 is 0 Å². The molecule has 1 N–H and O–H groups in total. The van der Waals surface area contributed by atoms with Crippen molar-refractivity contribution in [2.75, 3.05) is 13.6 Å². The van der Waals surface area contributed by atoms with Crippen molar-refractivity contribution in [3.05, 3.63) is 42.7 Å². The summed E-state index contributed by atoms with van der Waals surface area (Å²) in [6.45, 7) is 5.60. The maximum Gasteiger partial charge on any atom is 0.243 e. The molecule has 1 atom stereocenters. The average Bonchev–Trinajstić information content (AvgIpc) is 2.46. The first-order chi connectivity index (χ1) is 9.06. The van der Waals surface area contributed by atoms with Crippen LogP contribution < -0.4 is 5.32 Å². The minimum atomic E-state index is -0.268. The summed E-state index contributed by atoms with van der Waals surface area (Å²) >= 11 is 0. The number of carbonyl (C=O) groups excluding carboxylic acids is 2. The number of hydrogen-bond acceptors (Lipinski definition) is 3. The van der Waals surface area contributed by atoms with Gasteiger partial charge in [0.05, 0.1) is 6.04 Å². The fraction of sp³-hybridized carbons (Fsp3) is 0.357. The smallest absolute Gasteiger partial charge is 0.243 e. The molecule has 0 spiro atoms. The second kappa shape index (κ2) is 7.31.